The van der Waals surface area contributed by atoms with Crippen molar-refractivity contribution in [3.8, 4) is 28.7 Å². The zero-order valence-electron chi connectivity index (χ0n) is 18.5. The Morgan fingerprint density at radius 3 is 2.85 bits per heavy atom. The first kappa shape index (κ1) is 21.7. The lowest BCUT2D eigenvalue weighted by atomic mass is 10.0. The fraction of sp³-hybridized carbons (Fsp3) is 0.240. The Balaban J connectivity index is 1.44. The number of benzene rings is 2. The minimum Gasteiger partial charge on any atom is -0.493 e. The van der Waals surface area contributed by atoms with Gasteiger partial charge in [-0.05, 0) is 29.8 Å². The molecule has 1 N–H and O–H groups in total. The van der Waals surface area contributed by atoms with Crippen molar-refractivity contribution in [1.29, 1.82) is 5.26 Å². The molecule has 2 aromatic carbocycles. The van der Waals surface area contributed by atoms with Crippen LogP contribution in [0.25, 0.3) is 16.8 Å². The number of anilines is 1. The summed E-state index contributed by atoms with van der Waals surface area (Å²) in [6, 6.07) is 12.7. The van der Waals surface area contributed by atoms with Gasteiger partial charge in [-0.25, -0.2) is 14.4 Å². The van der Waals surface area contributed by atoms with Crippen molar-refractivity contribution in [2.24, 2.45) is 0 Å². The quantitative estimate of drug-likeness (QED) is 0.398. The summed E-state index contributed by atoms with van der Waals surface area (Å²) in [4.78, 5) is 9.01. The predicted octanol–water partition coefficient (Wildman–Crippen LogP) is 3.98. The SMILES string of the molecule is COCCOc1ccc(-c2cnc(NCc3c(F)ccc4c3CCO4)n3cc(C#N)nc23)cc1. The number of rotatable bonds is 8. The summed E-state index contributed by atoms with van der Waals surface area (Å²) in [5, 5.41) is 12.6. The number of nitriles is 1. The summed E-state index contributed by atoms with van der Waals surface area (Å²) >= 11 is 0. The van der Waals surface area contributed by atoms with E-state index in [1.54, 1.807) is 30.0 Å². The van der Waals surface area contributed by atoms with Gasteiger partial charge >= 0.3 is 0 Å². The zero-order chi connectivity index (χ0) is 23.5. The highest BCUT2D eigenvalue weighted by Gasteiger charge is 2.20. The second-order valence-corrected chi connectivity index (χ2v) is 7.75. The summed E-state index contributed by atoms with van der Waals surface area (Å²) in [6.45, 7) is 1.75. The number of hydrogen-bond acceptors (Lipinski definition) is 7. The van der Waals surface area contributed by atoms with Gasteiger partial charge in [0.1, 0.15) is 30.0 Å². The molecule has 0 aliphatic carbocycles. The molecule has 0 amide bonds. The van der Waals surface area contributed by atoms with E-state index < -0.39 is 0 Å². The summed E-state index contributed by atoms with van der Waals surface area (Å²) in [5.74, 6) is 1.62. The number of aromatic nitrogens is 3. The minimum atomic E-state index is -0.291. The number of methoxy groups -OCH3 is 1. The van der Waals surface area contributed by atoms with Crippen LogP contribution in [0.2, 0.25) is 0 Å². The second kappa shape index (κ2) is 9.37. The van der Waals surface area contributed by atoms with Gasteiger partial charge in [0.2, 0.25) is 5.95 Å². The molecule has 0 saturated heterocycles. The van der Waals surface area contributed by atoms with Crippen LogP contribution in [0.15, 0.2) is 48.8 Å². The molecule has 2 aromatic heterocycles. The lowest BCUT2D eigenvalue weighted by Crippen LogP contribution is -2.09. The van der Waals surface area contributed by atoms with Gasteiger partial charge in [-0.2, -0.15) is 5.26 Å². The summed E-state index contributed by atoms with van der Waals surface area (Å²) in [6.07, 6.45) is 3.98. The molecule has 0 spiro atoms. The highest BCUT2D eigenvalue weighted by atomic mass is 19.1. The number of nitrogens with one attached hydrogen (secondary N) is 1. The van der Waals surface area contributed by atoms with E-state index >= 15 is 0 Å². The molecular weight excluding hydrogens is 437 g/mol. The monoisotopic (exact) mass is 459 g/mol. The molecule has 5 rings (SSSR count). The largest absolute Gasteiger partial charge is 0.493 e. The lowest BCUT2D eigenvalue weighted by Gasteiger charge is -2.13. The molecule has 0 saturated carbocycles. The van der Waals surface area contributed by atoms with Crippen LogP contribution in [0.4, 0.5) is 10.3 Å². The molecule has 0 radical (unpaired) electrons. The number of hydrogen-bond donors (Lipinski definition) is 1. The third-order valence-electron chi connectivity index (χ3n) is 5.69. The van der Waals surface area contributed by atoms with Gasteiger partial charge < -0.3 is 19.5 Å². The van der Waals surface area contributed by atoms with Crippen molar-refractivity contribution in [3.63, 3.8) is 0 Å². The molecule has 0 fully saturated rings. The fourth-order valence-electron chi connectivity index (χ4n) is 4.01. The second-order valence-electron chi connectivity index (χ2n) is 7.75. The molecule has 8 nitrogen and oxygen atoms in total. The molecule has 34 heavy (non-hydrogen) atoms. The molecule has 4 aromatic rings. The number of nitrogens with zero attached hydrogens (tertiary/aromatic N) is 4. The predicted molar refractivity (Wildman–Crippen MR) is 123 cm³/mol. The molecule has 0 bridgehead atoms. The van der Waals surface area contributed by atoms with Crippen LogP contribution < -0.4 is 14.8 Å². The van der Waals surface area contributed by atoms with E-state index in [9.17, 15) is 9.65 Å². The molecule has 1 aliphatic rings. The van der Waals surface area contributed by atoms with E-state index in [2.05, 4.69) is 21.4 Å². The summed E-state index contributed by atoms with van der Waals surface area (Å²) in [7, 11) is 1.63. The maximum atomic E-state index is 14.5. The molecule has 0 atom stereocenters. The van der Waals surface area contributed by atoms with Crippen molar-refractivity contribution in [2.75, 3.05) is 32.2 Å². The van der Waals surface area contributed by atoms with Gasteiger partial charge in [0.05, 0.1) is 19.4 Å². The zero-order valence-corrected chi connectivity index (χ0v) is 18.5. The normalized spacial score (nSPS) is 12.3. The topological polar surface area (TPSA) is 93.7 Å². The highest BCUT2D eigenvalue weighted by molar-refractivity contribution is 5.78. The van der Waals surface area contributed by atoms with Crippen molar-refractivity contribution < 1.29 is 18.6 Å². The van der Waals surface area contributed by atoms with Gasteiger partial charge in [-0.15, -0.1) is 0 Å². The van der Waals surface area contributed by atoms with Crippen molar-refractivity contribution in [1.82, 2.24) is 14.4 Å². The first-order chi connectivity index (χ1) is 16.7. The molecule has 1 aliphatic heterocycles. The third-order valence-corrected chi connectivity index (χ3v) is 5.69. The van der Waals surface area contributed by atoms with Crippen LogP contribution >= 0.6 is 0 Å². The van der Waals surface area contributed by atoms with Crippen molar-refractivity contribution >= 4 is 11.6 Å². The van der Waals surface area contributed by atoms with E-state index in [1.807, 2.05) is 24.3 Å². The lowest BCUT2D eigenvalue weighted by molar-refractivity contribution is 0.146. The highest BCUT2D eigenvalue weighted by Crippen LogP contribution is 2.31. The van der Waals surface area contributed by atoms with E-state index in [4.69, 9.17) is 14.2 Å². The van der Waals surface area contributed by atoms with Crippen LogP contribution in [0.3, 0.4) is 0 Å². The number of imidazole rings is 1. The Labute approximate surface area is 195 Å². The van der Waals surface area contributed by atoms with Crippen LogP contribution in [0.5, 0.6) is 11.5 Å². The Morgan fingerprint density at radius 1 is 1.21 bits per heavy atom. The fourth-order valence-corrected chi connectivity index (χ4v) is 4.01. The van der Waals surface area contributed by atoms with Gasteiger partial charge in [0.15, 0.2) is 11.3 Å². The maximum Gasteiger partial charge on any atom is 0.208 e. The molecular formula is C25H22FN5O3. The minimum absolute atomic E-state index is 0.230. The van der Waals surface area contributed by atoms with Gasteiger partial charge in [-0.3, -0.25) is 4.40 Å². The van der Waals surface area contributed by atoms with Gasteiger partial charge in [-0.1, -0.05) is 12.1 Å². The average Bonchev–Trinajstić information content (AvgIpc) is 3.51. The Bertz CT molecular complexity index is 1380. The van der Waals surface area contributed by atoms with Crippen LogP contribution in [-0.4, -0.2) is 41.3 Å². The molecule has 3 heterocycles. The van der Waals surface area contributed by atoms with Crippen molar-refractivity contribution in [2.45, 2.75) is 13.0 Å². The molecule has 9 heteroatoms. The van der Waals surface area contributed by atoms with E-state index in [-0.39, 0.29) is 18.1 Å². The molecule has 172 valence electrons. The third kappa shape index (κ3) is 4.11. The molecule has 0 unspecified atom stereocenters. The first-order valence-electron chi connectivity index (χ1n) is 10.8. The van der Waals surface area contributed by atoms with E-state index in [0.717, 1.165) is 28.2 Å². The van der Waals surface area contributed by atoms with Gasteiger partial charge in [0.25, 0.3) is 0 Å². The van der Waals surface area contributed by atoms with Crippen molar-refractivity contribution in [3.05, 3.63) is 71.4 Å². The number of ether oxygens (including phenoxy) is 3. The van der Waals surface area contributed by atoms with Crippen LogP contribution in [0, 0.1) is 17.1 Å². The number of halogens is 1. The summed E-state index contributed by atoms with van der Waals surface area (Å²) < 4.78 is 32.4. The van der Waals surface area contributed by atoms with Crippen LogP contribution in [-0.2, 0) is 17.7 Å². The van der Waals surface area contributed by atoms with Crippen LogP contribution in [0.1, 0.15) is 16.8 Å². The Morgan fingerprint density at radius 2 is 2.06 bits per heavy atom. The van der Waals surface area contributed by atoms with Gasteiger partial charge in [0, 0.05) is 43.0 Å². The number of fused-ring (bicyclic) bond motifs is 2. The summed E-state index contributed by atoms with van der Waals surface area (Å²) in [5.41, 5.74) is 3.90. The van der Waals surface area contributed by atoms with E-state index in [1.165, 1.54) is 6.07 Å². The smallest absolute Gasteiger partial charge is 0.208 e. The average molecular weight is 459 g/mol. The first-order valence-corrected chi connectivity index (χ1v) is 10.8. The standard InChI is InChI=1S/C25H22FN5O3/c1-32-10-11-33-18-4-2-16(3-5-18)20-13-28-25(31-15-17(12-27)30-24(20)31)29-14-21-19-8-9-34-23(19)7-6-22(21)26/h2-7,13,15H,8-11,14H2,1H3,(H,28,29). The Hall–Kier alpha value is -4.16. The Kier molecular flexibility index (Phi) is 5.97. The maximum absolute atomic E-state index is 14.5. The van der Waals surface area contributed by atoms with E-state index in [0.29, 0.717) is 43.4 Å².